The fraction of sp³-hybridized carbons (Fsp3) is 0.125. The van der Waals surface area contributed by atoms with Gasteiger partial charge in [-0.05, 0) is 60.9 Å². The largest absolute Gasteiger partial charge is 0.507 e. The lowest BCUT2D eigenvalue weighted by molar-refractivity contribution is -0.132. The second-order valence-corrected chi connectivity index (χ2v) is 7.62. The van der Waals surface area contributed by atoms with Crippen LogP contribution < -0.4 is 4.90 Å². The number of hydrogen-bond acceptors (Lipinski definition) is 4. The summed E-state index contributed by atoms with van der Waals surface area (Å²) in [5, 5.41) is 11.5. The topological polar surface area (TPSA) is 70.5 Å². The van der Waals surface area contributed by atoms with E-state index < -0.39 is 17.7 Å². The molecule has 5 nitrogen and oxygen atoms in total. The van der Waals surface area contributed by atoms with Crippen molar-refractivity contribution in [3.8, 4) is 0 Å². The molecule has 1 aliphatic heterocycles. The third-order valence-electron chi connectivity index (χ3n) is 5.40. The molecule has 2 heterocycles. The van der Waals surface area contributed by atoms with E-state index in [-0.39, 0.29) is 11.3 Å². The van der Waals surface area contributed by atoms with E-state index in [1.54, 1.807) is 54.9 Å². The van der Waals surface area contributed by atoms with E-state index in [9.17, 15) is 14.7 Å². The van der Waals surface area contributed by atoms with Crippen molar-refractivity contribution in [2.24, 2.45) is 0 Å². The van der Waals surface area contributed by atoms with Gasteiger partial charge < -0.3 is 5.11 Å². The summed E-state index contributed by atoms with van der Waals surface area (Å²) in [5.41, 5.74) is 3.59. The zero-order valence-electron chi connectivity index (χ0n) is 16.5. The molecule has 0 bridgehead atoms. The van der Waals surface area contributed by atoms with Gasteiger partial charge in [0.25, 0.3) is 11.7 Å². The van der Waals surface area contributed by atoms with Gasteiger partial charge in [0.1, 0.15) is 5.76 Å². The van der Waals surface area contributed by atoms with Crippen molar-refractivity contribution in [3.05, 3.63) is 99.8 Å². The summed E-state index contributed by atoms with van der Waals surface area (Å²) in [6.07, 6.45) is 3.19. The minimum Gasteiger partial charge on any atom is -0.507 e. The van der Waals surface area contributed by atoms with Gasteiger partial charge >= 0.3 is 0 Å². The number of ketones is 1. The third-order valence-corrected chi connectivity index (χ3v) is 5.63. The lowest BCUT2D eigenvalue weighted by Crippen LogP contribution is -2.30. The van der Waals surface area contributed by atoms with Gasteiger partial charge in [0, 0.05) is 28.7 Å². The summed E-state index contributed by atoms with van der Waals surface area (Å²) >= 11 is 6.07. The van der Waals surface area contributed by atoms with Crippen molar-refractivity contribution in [3.63, 3.8) is 0 Å². The van der Waals surface area contributed by atoms with E-state index in [1.807, 2.05) is 26.0 Å². The second kappa shape index (κ2) is 7.76. The average molecular weight is 419 g/mol. The van der Waals surface area contributed by atoms with Gasteiger partial charge in [-0.3, -0.25) is 19.5 Å². The van der Waals surface area contributed by atoms with Crippen LogP contribution in [-0.2, 0) is 9.59 Å². The lowest BCUT2D eigenvalue weighted by Gasteiger charge is -2.27. The van der Waals surface area contributed by atoms with Crippen LogP contribution in [0.25, 0.3) is 5.76 Å². The molecule has 0 spiro atoms. The predicted molar refractivity (Wildman–Crippen MR) is 116 cm³/mol. The summed E-state index contributed by atoms with van der Waals surface area (Å²) in [4.78, 5) is 31.8. The first-order valence-corrected chi connectivity index (χ1v) is 9.81. The number of pyridine rings is 1. The molecule has 1 atom stereocenters. The van der Waals surface area contributed by atoms with Crippen molar-refractivity contribution in [2.75, 3.05) is 4.90 Å². The normalized spacial score (nSPS) is 18.1. The number of nitrogens with zero attached hydrogens (tertiary/aromatic N) is 2. The molecule has 150 valence electrons. The SMILES string of the molecule is Cc1cccc(N2C(=O)C(=O)/C(=C(/O)c3cccc(Cl)c3)C2c2ccncc2)c1C. The summed E-state index contributed by atoms with van der Waals surface area (Å²) < 4.78 is 0. The number of Topliss-reactive ketones (excluding diaryl/α,β-unsaturated/α-hetero) is 1. The molecule has 1 N–H and O–H groups in total. The molecule has 4 rings (SSSR count). The number of aryl methyl sites for hydroxylation is 1. The van der Waals surface area contributed by atoms with Crippen LogP contribution in [0.1, 0.15) is 28.3 Å². The van der Waals surface area contributed by atoms with Gasteiger partial charge in [0.05, 0.1) is 11.6 Å². The van der Waals surface area contributed by atoms with E-state index in [0.717, 1.165) is 11.1 Å². The van der Waals surface area contributed by atoms with Gasteiger partial charge in [-0.25, -0.2) is 0 Å². The average Bonchev–Trinajstić information content (AvgIpc) is 3.01. The molecule has 1 aliphatic rings. The smallest absolute Gasteiger partial charge is 0.300 e. The van der Waals surface area contributed by atoms with Crippen molar-refractivity contribution >= 4 is 34.7 Å². The highest BCUT2D eigenvalue weighted by molar-refractivity contribution is 6.51. The van der Waals surface area contributed by atoms with Crippen LogP contribution in [0.2, 0.25) is 5.02 Å². The Morgan fingerprint density at radius 2 is 1.73 bits per heavy atom. The molecule has 6 heteroatoms. The maximum atomic E-state index is 13.2. The highest BCUT2D eigenvalue weighted by Crippen LogP contribution is 2.43. The fourth-order valence-corrected chi connectivity index (χ4v) is 3.92. The first-order valence-electron chi connectivity index (χ1n) is 9.43. The molecular weight excluding hydrogens is 400 g/mol. The van der Waals surface area contributed by atoms with Crippen LogP contribution in [0.15, 0.2) is 72.6 Å². The summed E-state index contributed by atoms with van der Waals surface area (Å²) in [6, 6.07) is 14.9. The van der Waals surface area contributed by atoms with Crippen LogP contribution >= 0.6 is 11.6 Å². The number of carbonyl (C=O) groups excluding carboxylic acids is 2. The Kier molecular flexibility index (Phi) is 5.14. The highest BCUT2D eigenvalue weighted by Gasteiger charge is 2.47. The van der Waals surface area contributed by atoms with Crippen molar-refractivity contribution in [2.45, 2.75) is 19.9 Å². The third kappa shape index (κ3) is 3.27. The van der Waals surface area contributed by atoms with Crippen molar-refractivity contribution in [1.82, 2.24) is 4.98 Å². The molecule has 1 fully saturated rings. The summed E-state index contributed by atoms with van der Waals surface area (Å²) in [7, 11) is 0. The number of benzene rings is 2. The molecule has 30 heavy (non-hydrogen) atoms. The predicted octanol–water partition coefficient (Wildman–Crippen LogP) is 4.98. The zero-order valence-corrected chi connectivity index (χ0v) is 17.2. The van der Waals surface area contributed by atoms with E-state index in [4.69, 9.17) is 11.6 Å². The van der Waals surface area contributed by atoms with E-state index in [0.29, 0.717) is 21.8 Å². The number of halogens is 1. The van der Waals surface area contributed by atoms with Gasteiger partial charge in [-0.15, -0.1) is 0 Å². The van der Waals surface area contributed by atoms with Crippen LogP contribution in [0.5, 0.6) is 0 Å². The lowest BCUT2D eigenvalue weighted by atomic mass is 9.95. The Morgan fingerprint density at radius 3 is 2.43 bits per heavy atom. The van der Waals surface area contributed by atoms with Gasteiger partial charge in [-0.2, -0.15) is 0 Å². The minimum atomic E-state index is -0.785. The quantitative estimate of drug-likeness (QED) is 0.370. The number of hydrogen-bond donors (Lipinski definition) is 1. The second-order valence-electron chi connectivity index (χ2n) is 7.18. The van der Waals surface area contributed by atoms with Crippen LogP contribution in [0.3, 0.4) is 0 Å². The first-order chi connectivity index (χ1) is 14.4. The van der Waals surface area contributed by atoms with E-state index in [2.05, 4.69) is 4.98 Å². The van der Waals surface area contributed by atoms with Gasteiger partial charge in [0.15, 0.2) is 0 Å². The van der Waals surface area contributed by atoms with Crippen molar-refractivity contribution in [1.29, 1.82) is 0 Å². The number of rotatable bonds is 3. The van der Waals surface area contributed by atoms with E-state index >= 15 is 0 Å². The number of aliphatic hydroxyl groups is 1. The number of aliphatic hydroxyl groups excluding tert-OH is 1. The Bertz CT molecular complexity index is 1190. The maximum absolute atomic E-state index is 13.2. The van der Waals surface area contributed by atoms with Gasteiger partial charge in [-0.1, -0.05) is 35.9 Å². The molecule has 0 aliphatic carbocycles. The number of carbonyl (C=O) groups is 2. The molecule has 1 aromatic heterocycles. The maximum Gasteiger partial charge on any atom is 0.300 e. The van der Waals surface area contributed by atoms with E-state index in [1.165, 1.54) is 4.90 Å². The standard InChI is InChI=1S/C24H19ClN2O3/c1-14-5-3-8-19(15(14)2)27-21(16-9-11-26-12-10-16)20(23(29)24(27)30)22(28)17-6-4-7-18(25)13-17/h3-13,21,28H,1-2H3/b22-20+. The Labute approximate surface area is 179 Å². The van der Waals surface area contributed by atoms with Crippen LogP contribution in [0.4, 0.5) is 5.69 Å². The zero-order chi connectivity index (χ0) is 21.4. The minimum absolute atomic E-state index is 0.0226. The monoisotopic (exact) mass is 418 g/mol. The first kappa shape index (κ1) is 19.9. The molecule has 1 amide bonds. The van der Waals surface area contributed by atoms with Gasteiger partial charge in [0.2, 0.25) is 0 Å². The fourth-order valence-electron chi connectivity index (χ4n) is 3.73. The molecule has 1 saturated heterocycles. The van der Waals surface area contributed by atoms with Crippen LogP contribution in [0, 0.1) is 13.8 Å². The Hall–Kier alpha value is -3.44. The highest BCUT2D eigenvalue weighted by atomic mass is 35.5. The number of amides is 1. The Balaban J connectivity index is 1.99. The number of aromatic nitrogens is 1. The molecule has 0 saturated carbocycles. The van der Waals surface area contributed by atoms with Crippen LogP contribution in [-0.4, -0.2) is 21.8 Å². The summed E-state index contributed by atoms with van der Waals surface area (Å²) in [5.74, 6) is -1.69. The van der Waals surface area contributed by atoms with Crippen molar-refractivity contribution < 1.29 is 14.7 Å². The summed E-state index contributed by atoms with van der Waals surface area (Å²) in [6.45, 7) is 3.85. The molecular formula is C24H19ClN2O3. The molecule has 3 aromatic rings. The molecule has 2 aromatic carbocycles. The molecule has 0 radical (unpaired) electrons. The Morgan fingerprint density at radius 1 is 1.03 bits per heavy atom. The number of anilines is 1. The molecule has 1 unspecified atom stereocenters.